The van der Waals surface area contributed by atoms with Gasteiger partial charge in [-0.15, -0.1) is 0 Å². The smallest absolute Gasteiger partial charge is 0.118 e. The molecular formula is C41H66BNO3. The Morgan fingerprint density at radius 3 is 0.891 bits per heavy atom. The maximum atomic E-state index is 5.41. The molecule has 5 heteroatoms. The van der Waals surface area contributed by atoms with Crippen LogP contribution >= 0.6 is 0 Å². The van der Waals surface area contributed by atoms with Gasteiger partial charge in [0.05, 0.1) is 53.7 Å². The highest BCUT2D eigenvalue weighted by Crippen LogP contribution is 2.21. The van der Waals surface area contributed by atoms with Crippen LogP contribution in [0.5, 0.6) is 17.2 Å². The Balaban J connectivity index is 0.000000372. The van der Waals surface area contributed by atoms with Crippen LogP contribution in [0.3, 0.4) is 0 Å². The lowest BCUT2D eigenvalue weighted by Crippen LogP contribution is -2.66. The largest absolute Gasteiger partial charge is 0.497 e. The van der Waals surface area contributed by atoms with Gasteiger partial charge in [0.1, 0.15) is 17.2 Å². The molecule has 0 radical (unpaired) electrons. The second-order valence-corrected chi connectivity index (χ2v) is 13.2. The summed E-state index contributed by atoms with van der Waals surface area (Å²) < 4.78 is 17.6. The molecule has 0 aliphatic heterocycles. The minimum atomic E-state index is -1.14. The molecule has 3 rings (SSSR count). The summed E-state index contributed by atoms with van der Waals surface area (Å²) in [6.45, 7) is 17.3. The number of ether oxygens (including phenoxy) is 3. The zero-order valence-corrected chi connectivity index (χ0v) is 30.8. The van der Waals surface area contributed by atoms with E-state index < -0.39 is 6.15 Å². The molecule has 0 amide bonds. The van der Waals surface area contributed by atoms with E-state index >= 15 is 0 Å². The molecule has 0 N–H and O–H groups in total. The van der Waals surface area contributed by atoms with Crippen LogP contribution in [0.15, 0.2) is 72.8 Å². The quantitative estimate of drug-likeness (QED) is 0.0868. The Morgan fingerprint density at radius 2 is 0.674 bits per heavy atom. The molecule has 0 fully saturated rings. The summed E-state index contributed by atoms with van der Waals surface area (Å²) in [6.07, 6.45) is 13.3. The highest BCUT2D eigenvalue weighted by molar-refractivity contribution is 7.11. The molecule has 0 saturated carbocycles. The van der Waals surface area contributed by atoms with Gasteiger partial charge in [-0.2, -0.15) is 22.7 Å². The molecule has 256 valence electrons. The molecule has 3 aromatic carbocycles. The third kappa shape index (κ3) is 11.4. The zero-order valence-electron chi connectivity index (χ0n) is 30.8. The SMILES string of the molecule is CCCC[B-](c1ccc(OC)cc1)(c1ccc(OC)cc1)c1ccc(OC)cc1.CCCC[N+](CCCC)(CCCC)CCCC. The fraction of sp³-hybridized carbons (Fsp3) is 0.561. The number of rotatable bonds is 21. The molecule has 0 aliphatic rings. The Morgan fingerprint density at radius 1 is 0.413 bits per heavy atom. The first-order chi connectivity index (χ1) is 22.4. The third-order valence-corrected chi connectivity index (χ3v) is 9.99. The van der Waals surface area contributed by atoms with E-state index in [1.807, 2.05) is 0 Å². The van der Waals surface area contributed by atoms with Gasteiger partial charge in [-0.1, -0.05) is 110 Å². The standard InChI is InChI=1S/C25H30BO3.C16H36N/c1-5-6-19-26(20-7-13-23(27-2)14-8-20,21-9-15-24(28-3)16-10-21)22-11-17-25(29-4)18-12-22;1-5-9-13-17(14-10-6-2,15-11-7-3)16-12-8-4/h7-18H,5-6,19H2,1-4H3;5-16H2,1-4H3/q-1;+1. The molecule has 0 aromatic heterocycles. The molecule has 0 spiro atoms. The summed E-state index contributed by atoms with van der Waals surface area (Å²) in [6, 6.07) is 25.6. The normalized spacial score (nSPS) is 11.5. The van der Waals surface area contributed by atoms with E-state index in [2.05, 4.69) is 107 Å². The minimum absolute atomic E-state index is 0.874. The van der Waals surface area contributed by atoms with Crippen molar-refractivity contribution in [3.05, 3.63) is 72.8 Å². The van der Waals surface area contributed by atoms with E-state index in [0.29, 0.717) is 0 Å². The van der Waals surface area contributed by atoms with Crippen LogP contribution < -0.4 is 30.6 Å². The molecule has 0 heterocycles. The van der Waals surface area contributed by atoms with Crippen molar-refractivity contribution >= 4 is 22.5 Å². The molecular weight excluding hydrogens is 565 g/mol. The lowest BCUT2D eigenvalue weighted by Gasteiger charge is -2.43. The highest BCUT2D eigenvalue weighted by atomic mass is 16.5. The number of hydrogen-bond acceptors (Lipinski definition) is 3. The summed E-state index contributed by atoms with van der Waals surface area (Å²) in [5, 5.41) is 0. The molecule has 0 saturated heterocycles. The van der Waals surface area contributed by atoms with Crippen molar-refractivity contribution in [1.29, 1.82) is 0 Å². The monoisotopic (exact) mass is 632 g/mol. The van der Waals surface area contributed by atoms with Gasteiger partial charge >= 0.3 is 0 Å². The number of unbranched alkanes of at least 4 members (excludes halogenated alkanes) is 5. The Bertz CT molecular complexity index is 1020. The van der Waals surface area contributed by atoms with E-state index in [0.717, 1.165) is 36.4 Å². The second kappa shape index (κ2) is 21.8. The molecule has 0 aliphatic carbocycles. The predicted octanol–water partition coefficient (Wildman–Crippen LogP) is 8.99. The summed E-state index contributed by atoms with van der Waals surface area (Å²) in [5.41, 5.74) is 3.94. The number of nitrogens with zero attached hydrogens (tertiary/aromatic N) is 1. The first kappa shape index (κ1) is 39.3. The lowest BCUT2D eigenvalue weighted by atomic mass is 9.14. The van der Waals surface area contributed by atoms with Crippen LogP contribution in [0.25, 0.3) is 0 Å². The zero-order chi connectivity index (χ0) is 33.7. The van der Waals surface area contributed by atoms with Crippen molar-refractivity contribution in [3.63, 3.8) is 0 Å². The third-order valence-electron chi connectivity index (χ3n) is 9.99. The van der Waals surface area contributed by atoms with E-state index in [1.54, 1.807) is 21.3 Å². The average Bonchev–Trinajstić information content (AvgIpc) is 3.12. The van der Waals surface area contributed by atoms with E-state index in [1.165, 1.54) is 98.4 Å². The maximum Gasteiger partial charge on any atom is 0.118 e. The summed E-state index contributed by atoms with van der Waals surface area (Å²) >= 11 is 0. The number of benzene rings is 3. The molecule has 4 nitrogen and oxygen atoms in total. The predicted molar refractivity (Wildman–Crippen MR) is 203 cm³/mol. The summed E-state index contributed by atoms with van der Waals surface area (Å²) in [4.78, 5) is 0. The topological polar surface area (TPSA) is 27.7 Å². The van der Waals surface area contributed by atoms with Gasteiger partial charge in [-0.05, 0) is 62.1 Å². The van der Waals surface area contributed by atoms with Gasteiger partial charge in [-0.25, -0.2) is 0 Å². The van der Waals surface area contributed by atoms with Crippen molar-refractivity contribution in [1.82, 2.24) is 0 Å². The molecule has 3 aromatic rings. The van der Waals surface area contributed by atoms with Gasteiger partial charge in [0.15, 0.2) is 0 Å². The van der Waals surface area contributed by atoms with Crippen molar-refractivity contribution in [2.75, 3.05) is 47.5 Å². The van der Waals surface area contributed by atoms with Crippen LogP contribution in [-0.4, -0.2) is 58.1 Å². The summed E-state index contributed by atoms with van der Waals surface area (Å²) in [7, 11) is 5.12. The lowest BCUT2D eigenvalue weighted by molar-refractivity contribution is -0.929. The minimum Gasteiger partial charge on any atom is -0.497 e. The van der Waals surface area contributed by atoms with Crippen molar-refractivity contribution in [2.24, 2.45) is 0 Å². The summed E-state index contributed by atoms with van der Waals surface area (Å²) in [5.74, 6) is 2.62. The van der Waals surface area contributed by atoms with Gasteiger partial charge in [-0.3, -0.25) is 0 Å². The van der Waals surface area contributed by atoms with Crippen LogP contribution in [0, 0.1) is 0 Å². The first-order valence-corrected chi connectivity index (χ1v) is 18.4. The Hall–Kier alpha value is -2.92. The molecule has 0 bridgehead atoms. The van der Waals surface area contributed by atoms with Crippen LogP contribution in [-0.2, 0) is 0 Å². The van der Waals surface area contributed by atoms with Gasteiger partial charge in [0, 0.05) is 0 Å². The fourth-order valence-corrected chi connectivity index (χ4v) is 7.03. The van der Waals surface area contributed by atoms with Crippen molar-refractivity contribution < 1.29 is 18.7 Å². The number of hydrogen-bond donors (Lipinski definition) is 0. The van der Waals surface area contributed by atoms with E-state index in [9.17, 15) is 0 Å². The number of quaternary nitrogens is 1. The molecule has 46 heavy (non-hydrogen) atoms. The van der Waals surface area contributed by atoms with Crippen molar-refractivity contribution in [2.45, 2.75) is 105 Å². The Kier molecular flexibility index (Phi) is 18.6. The molecule has 0 atom stereocenters. The number of methoxy groups -OCH3 is 3. The van der Waals surface area contributed by atoms with Gasteiger partial charge < -0.3 is 18.7 Å². The van der Waals surface area contributed by atoms with Crippen molar-refractivity contribution in [3.8, 4) is 17.2 Å². The Labute approximate surface area is 283 Å². The van der Waals surface area contributed by atoms with E-state index in [4.69, 9.17) is 14.2 Å². The highest BCUT2D eigenvalue weighted by Gasteiger charge is 2.30. The van der Waals surface area contributed by atoms with Gasteiger partial charge in [0.25, 0.3) is 0 Å². The van der Waals surface area contributed by atoms with E-state index in [-0.39, 0.29) is 0 Å². The fourth-order valence-electron chi connectivity index (χ4n) is 7.03. The van der Waals surface area contributed by atoms with Crippen LogP contribution in [0.1, 0.15) is 98.8 Å². The molecule has 0 unspecified atom stereocenters. The van der Waals surface area contributed by atoms with Gasteiger partial charge in [0.2, 0.25) is 0 Å². The second-order valence-electron chi connectivity index (χ2n) is 13.2. The average molecular weight is 632 g/mol. The maximum absolute atomic E-state index is 5.41. The van der Waals surface area contributed by atoms with Crippen LogP contribution in [0.4, 0.5) is 0 Å². The first-order valence-electron chi connectivity index (χ1n) is 18.4. The van der Waals surface area contributed by atoms with Crippen LogP contribution in [0.2, 0.25) is 6.32 Å².